The zero-order valence-electron chi connectivity index (χ0n) is 4.76. The summed E-state index contributed by atoms with van der Waals surface area (Å²) in [7, 11) is 0. The van der Waals surface area contributed by atoms with Crippen LogP contribution >= 0.6 is 11.8 Å². The van der Waals surface area contributed by atoms with Gasteiger partial charge in [0.15, 0.2) is 0 Å². The molecule has 0 aliphatic carbocycles. The van der Waals surface area contributed by atoms with E-state index < -0.39 is 0 Å². The van der Waals surface area contributed by atoms with Crippen molar-refractivity contribution < 1.29 is 0 Å². The van der Waals surface area contributed by atoms with Crippen LogP contribution in [0.4, 0.5) is 0 Å². The van der Waals surface area contributed by atoms with Gasteiger partial charge in [-0.3, -0.25) is 5.41 Å². The maximum atomic E-state index is 6.89. The lowest BCUT2D eigenvalue weighted by Crippen LogP contribution is -2.30. The second kappa shape index (κ2) is 2.97. The van der Waals surface area contributed by atoms with E-state index >= 15 is 0 Å². The van der Waals surface area contributed by atoms with Crippen molar-refractivity contribution in [1.82, 2.24) is 4.90 Å². The number of hydrogen-bond donors (Lipinski definition) is 1. The highest BCUT2D eigenvalue weighted by Gasteiger charge is 2.04. The summed E-state index contributed by atoms with van der Waals surface area (Å²) in [6, 6.07) is 0. The molecule has 1 rings (SSSR count). The van der Waals surface area contributed by atoms with Crippen LogP contribution in [0.25, 0.3) is 0 Å². The highest BCUT2D eigenvalue weighted by Crippen LogP contribution is 2.06. The van der Waals surface area contributed by atoms with Crippen LogP contribution in [0, 0.1) is 5.41 Å². The van der Waals surface area contributed by atoms with Crippen LogP contribution in [-0.4, -0.2) is 35.8 Å². The zero-order chi connectivity index (χ0) is 5.82. The van der Waals surface area contributed by atoms with Gasteiger partial charge in [-0.15, -0.1) is 0 Å². The summed E-state index contributed by atoms with van der Waals surface area (Å²) in [5, 5.41) is 6.89. The summed E-state index contributed by atoms with van der Waals surface area (Å²) in [5.41, 5.74) is 0. The Hall–Kier alpha value is -0.180. The average molecular weight is 130 g/mol. The molecule has 3 heteroatoms. The number of nitrogens with one attached hydrogen (secondary N) is 1. The predicted octanol–water partition coefficient (Wildman–Crippen LogP) is 0.642. The molecule has 1 aliphatic heterocycles. The first-order valence-electron chi connectivity index (χ1n) is 2.76. The number of hydrogen-bond acceptors (Lipinski definition) is 2. The first-order valence-corrected chi connectivity index (χ1v) is 3.91. The molecule has 0 saturated carbocycles. The van der Waals surface area contributed by atoms with Gasteiger partial charge in [0.2, 0.25) is 0 Å². The molecule has 1 aliphatic rings. The van der Waals surface area contributed by atoms with E-state index in [0.29, 0.717) is 0 Å². The standard InChI is InChI=1S/C5H10N2S/c6-5-7-1-3-8-4-2-7/h5-6H,1-4H2. The smallest absolute Gasteiger partial charge is 0.0817 e. The molecule has 0 bridgehead atoms. The first-order chi connectivity index (χ1) is 3.93. The lowest BCUT2D eigenvalue weighted by atomic mass is 10.5. The molecule has 0 unspecified atom stereocenters. The lowest BCUT2D eigenvalue weighted by Gasteiger charge is -2.22. The summed E-state index contributed by atoms with van der Waals surface area (Å²) >= 11 is 1.97. The summed E-state index contributed by atoms with van der Waals surface area (Å²) in [5.74, 6) is 2.38. The van der Waals surface area contributed by atoms with Crippen molar-refractivity contribution in [3.05, 3.63) is 0 Å². The Bertz CT molecular complexity index is 78.5. The Labute approximate surface area is 53.8 Å². The zero-order valence-corrected chi connectivity index (χ0v) is 5.58. The molecule has 0 aromatic carbocycles. The molecule has 1 saturated heterocycles. The molecule has 2 nitrogen and oxygen atoms in total. The van der Waals surface area contributed by atoms with E-state index in [2.05, 4.69) is 0 Å². The lowest BCUT2D eigenvalue weighted by molar-refractivity contribution is 0.474. The Morgan fingerprint density at radius 3 is 2.38 bits per heavy atom. The average Bonchev–Trinajstić information content (AvgIpc) is 1.90. The molecule has 0 atom stereocenters. The van der Waals surface area contributed by atoms with Crippen LogP contribution in [0.3, 0.4) is 0 Å². The third-order valence-electron chi connectivity index (χ3n) is 1.23. The van der Waals surface area contributed by atoms with Gasteiger partial charge in [0.05, 0.1) is 6.34 Å². The summed E-state index contributed by atoms with van der Waals surface area (Å²) in [6.07, 6.45) is 1.43. The van der Waals surface area contributed by atoms with Crippen molar-refractivity contribution in [3.63, 3.8) is 0 Å². The monoisotopic (exact) mass is 130 g/mol. The van der Waals surface area contributed by atoms with Gasteiger partial charge in [0, 0.05) is 24.6 Å². The third-order valence-corrected chi connectivity index (χ3v) is 2.17. The maximum Gasteiger partial charge on any atom is 0.0817 e. The summed E-state index contributed by atoms with van der Waals surface area (Å²) < 4.78 is 0. The van der Waals surface area contributed by atoms with E-state index in [1.807, 2.05) is 16.7 Å². The van der Waals surface area contributed by atoms with Gasteiger partial charge in [0.1, 0.15) is 0 Å². The molecular weight excluding hydrogens is 120 g/mol. The van der Waals surface area contributed by atoms with Gasteiger partial charge < -0.3 is 4.90 Å². The molecule has 0 aromatic rings. The molecule has 0 spiro atoms. The quantitative estimate of drug-likeness (QED) is 0.416. The molecule has 46 valence electrons. The normalized spacial score (nSPS) is 20.8. The SMILES string of the molecule is N=CN1CCSCC1. The van der Waals surface area contributed by atoms with E-state index in [4.69, 9.17) is 5.41 Å². The van der Waals surface area contributed by atoms with E-state index in [1.165, 1.54) is 17.8 Å². The Morgan fingerprint density at radius 2 is 2.00 bits per heavy atom. The maximum absolute atomic E-state index is 6.89. The van der Waals surface area contributed by atoms with Crippen LogP contribution in [-0.2, 0) is 0 Å². The van der Waals surface area contributed by atoms with Crippen molar-refractivity contribution in [3.8, 4) is 0 Å². The van der Waals surface area contributed by atoms with Crippen molar-refractivity contribution in [2.45, 2.75) is 0 Å². The van der Waals surface area contributed by atoms with Crippen molar-refractivity contribution in [2.24, 2.45) is 0 Å². The molecule has 1 N–H and O–H groups in total. The highest BCUT2D eigenvalue weighted by molar-refractivity contribution is 7.99. The van der Waals surface area contributed by atoms with Crippen LogP contribution in [0.15, 0.2) is 0 Å². The van der Waals surface area contributed by atoms with Crippen LogP contribution in [0.5, 0.6) is 0 Å². The molecule has 1 fully saturated rings. The second-order valence-corrected chi connectivity index (χ2v) is 3.00. The molecule has 0 radical (unpaired) electrons. The van der Waals surface area contributed by atoms with Gasteiger partial charge in [0.25, 0.3) is 0 Å². The molecule has 8 heavy (non-hydrogen) atoms. The van der Waals surface area contributed by atoms with E-state index in [0.717, 1.165) is 13.1 Å². The molecule has 0 aromatic heterocycles. The minimum absolute atomic E-state index is 1.06. The Kier molecular flexibility index (Phi) is 2.21. The number of rotatable bonds is 1. The van der Waals surface area contributed by atoms with Crippen molar-refractivity contribution >= 4 is 18.1 Å². The minimum atomic E-state index is 1.06. The minimum Gasteiger partial charge on any atom is -0.361 e. The van der Waals surface area contributed by atoms with Gasteiger partial charge in [-0.2, -0.15) is 11.8 Å². The fourth-order valence-corrected chi connectivity index (χ4v) is 1.64. The highest BCUT2D eigenvalue weighted by atomic mass is 32.2. The van der Waals surface area contributed by atoms with Crippen LogP contribution in [0.1, 0.15) is 0 Å². The molecular formula is C5H10N2S. The Morgan fingerprint density at radius 1 is 1.38 bits per heavy atom. The fraction of sp³-hybridized carbons (Fsp3) is 0.800. The van der Waals surface area contributed by atoms with Crippen molar-refractivity contribution in [2.75, 3.05) is 24.6 Å². The molecule has 1 heterocycles. The summed E-state index contributed by atoms with van der Waals surface area (Å²) in [4.78, 5) is 2.04. The van der Waals surface area contributed by atoms with E-state index in [9.17, 15) is 0 Å². The van der Waals surface area contributed by atoms with Crippen molar-refractivity contribution in [1.29, 1.82) is 5.41 Å². The topological polar surface area (TPSA) is 27.1 Å². The van der Waals surface area contributed by atoms with Gasteiger partial charge in [-0.05, 0) is 0 Å². The molecule has 0 amide bonds. The van der Waals surface area contributed by atoms with Gasteiger partial charge >= 0.3 is 0 Å². The van der Waals surface area contributed by atoms with Crippen LogP contribution in [0.2, 0.25) is 0 Å². The van der Waals surface area contributed by atoms with Crippen LogP contribution < -0.4 is 0 Å². The van der Waals surface area contributed by atoms with E-state index in [1.54, 1.807) is 0 Å². The largest absolute Gasteiger partial charge is 0.361 e. The first kappa shape index (κ1) is 5.95. The van der Waals surface area contributed by atoms with Gasteiger partial charge in [-0.1, -0.05) is 0 Å². The Balaban J connectivity index is 2.22. The summed E-state index contributed by atoms with van der Waals surface area (Å²) in [6.45, 7) is 2.13. The fourth-order valence-electron chi connectivity index (χ4n) is 0.707. The van der Waals surface area contributed by atoms with Gasteiger partial charge in [-0.25, -0.2) is 0 Å². The number of nitrogens with zero attached hydrogens (tertiary/aromatic N) is 1. The van der Waals surface area contributed by atoms with E-state index in [-0.39, 0.29) is 0 Å². The second-order valence-electron chi connectivity index (χ2n) is 1.78. The number of thioether (sulfide) groups is 1. The third kappa shape index (κ3) is 1.40. The predicted molar refractivity (Wildman–Crippen MR) is 37.7 cm³/mol.